The van der Waals surface area contributed by atoms with Crippen molar-refractivity contribution in [3.05, 3.63) is 0 Å². The van der Waals surface area contributed by atoms with E-state index in [-0.39, 0.29) is 24.3 Å². The van der Waals surface area contributed by atoms with Gasteiger partial charge in [0.1, 0.15) is 0 Å². The van der Waals surface area contributed by atoms with Crippen molar-refractivity contribution in [3.63, 3.8) is 0 Å². The van der Waals surface area contributed by atoms with Crippen LogP contribution < -0.4 is 11.1 Å². The number of hydrogen-bond donors (Lipinski definition) is 2. The van der Waals surface area contributed by atoms with Crippen molar-refractivity contribution >= 4 is 17.8 Å². The highest BCUT2D eigenvalue weighted by Gasteiger charge is 2.54. The summed E-state index contributed by atoms with van der Waals surface area (Å²) in [6.45, 7) is -0.139. The van der Waals surface area contributed by atoms with Crippen molar-refractivity contribution in [2.24, 2.45) is 28.9 Å². The maximum atomic E-state index is 12.6. The van der Waals surface area contributed by atoms with E-state index in [0.717, 1.165) is 37.0 Å². The second kappa shape index (κ2) is 5.89. The fraction of sp³-hybridized carbons (Fsp3) is 0.812. The monoisotopic (exact) mass is 308 g/mol. The van der Waals surface area contributed by atoms with Crippen LogP contribution in [-0.4, -0.2) is 30.9 Å². The SMILES string of the molecule is NC(=O)COC(=O)CCNC(=O)C12CC3CC(CC(C3)C1)C2. The van der Waals surface area contributed by atoms with Crippen molar-refractivity contribution < 1.29 is 19.1 Å². The maximum Gasteiger partial charge on any atom is 0.308 e. The Morgan fingerprint density at radius 1 is 1.05 bits per heavy atom. The molecular formula is C16H24N2O4. The van der Waals surface area contributed by atoms with Gasteiger partial charge in [0, 0.05) is 12.0 Å². The molecule has 0 aromatic heterocycles. The summed E-state index contributed by atoms with van der Waals surface area (Å²) in [5.74, 6) is 1.08. The van der Waals surface area contributed by atoms with Crippen LogP contribution in [0.3, 0.4) is 0 Å². The van der Waals surface area contributed by atoms with E-state index < -0.39 is 18.5 Å². The summed E-state index contributed by atoms with van der Waals surface area (Å²) in [7, 11) is 0. The Morgan fingerprint density at radius 3 is 2.09 bits per heavy atom. The minimum Gasteiger partial charge on any atom is -0.456 e. The molecule has 22 heavy (non-hydrogen) atoms. The fourth-order valence-corrected chi connectivity index (χ4v) is 5.08. The Morgan fingerprint density at radius 2 is 1.59 bits per heavy atom. The maximum absolute atomic E-state index is 12.6. The summed E-state index contributed by atoms with van der Waals surface area (Å²) < 4.78 is 4.67. The third-order valence-corrected chi connectivity index (χ3v) is 5.51. The van der Waals surface area contributed by atoms with E-state index >= 15 is 0 Å². The van der Waals surface area contributed by atoms with Gasteiger partial charge in [0.25, 0.3) is 5.91 Å². The molecule has 0 aromatic rings. The molecule has 0 atom stereocenters. The number of carbonyl (C=O) groups is 3. The predicted molar refractivity (Wildman–Crippen MR) is 78.4 cm³/mol. The molecule has 0 saturated heterocycles. The van der Waals surface area contributed by atoms with Crippen molar-refractivity contribution in [1.29, 1.82) is 0 Å². The third kappa shape index (κ3) is 3.10. The topological polar surface area (TPSA) is 98.5 Å². The van der Waals surface area contributed by atoms with E-state index in [1.807, 2.05) is 0 Å². The van der Waals surface area contributed by atoms with Crippen LogP contribution in [0.2, 0.25) is 0 Å². The number of carbonyl (C=O) groups excluding carboxylic acids is 3. The molecule has 0 radical (unpaired) electrons. The molecule has 0 unspecified atom stereocenters. The number of nitrogens with two attached hydrogens (primary N) is 1. The summed E-state index contributed by atoms with van der Waals surface area (Å²) >= 11 is 0. The Kier molecular flexibility index (Phi) is 4.10. The molecule has 3 N–H and O–H groups in total. The van der Waals surface area contributed by atoms with Crippen LogP contribution in [-0.2, 0) is 19.1 Å². The smallest absolute Gasteiger partial charge is 0.308 e. The highest BCUT2D eigenvalue weighted by Crippen LogP contribution is 2.60. The molecule has 0 heterocycles. The van der Waals surface area contributed by atoms with Gasteiger partial charge in [-0.1, -0.05) is 0 Å². The third-order valence-electron chi connectivity index (χ3n) is 5.51. The van der Waals surface area contributed by atoms with Gasteiger partial charge >= 0.3 is 5.97 Å². The molecule has 122 valence electrons. The minimum atomic E-state index is -0.675. The van der Waals surface area contributed by atoms with Gasteiger partial charge in [0.2, 0.25) is 5.91 Å². The number of ether oxygens (including phenoxy) is 1. The van der Waals surface area contributed by atoms with Gasteiger partial charge in [0.05, 0.1) is 6.42 Å². The average Bonchev–Trinajstić information content (AvgIpc) is 2.43. The number of nitrogens with one attached hydrogen (secondary N) is 1. The van der Waals surface area contributed by atoms with Crippen LogP contribution >= 0.6 is 0 Å². The number of amides is 2. The molecule has 4 aliphatic carbocycles. The van der Waals surface area contributed by atoms with Gasteiger partial charge in [-0.2, -0.15) is 0 Å². The van der Waals surface area contributed by atoms with Crippen molar-refractivity contribution in [1.82, 2.24) is 5.32 Å². The second-order valence-corrected chi connectivity index (χ2v) is 7.33. The Labute approximate surface area is 130 Å². The second-order valence-electron chi connectivity index (χ2n) is 7.33. The molecular weight excluding hydrogens is 284 g/mol. The lowest BCUT2D eigenvalue weighted by Crippen LogP contribution is -2.53. The van der Waals surface area contributed by atoms with E-state index in [2.05, 4.69) is 10.1 Å². The Bertz CT molecular complexity index is 453. The lowest BCUT2D eigenvalue weighted by molar-refractivity contribution is -0.149. The molecule has 4 rings (SSSR count). The summed E-state index contributed by atoms with van der Waals surface area (Å²) in [6.07, 6.45) is 7.00. The normalized spacial score (nSPS) is 35.2. The molecule has 4 aliphatic rings. The van der Waals surface area contributed by atoms with Crippen LogP contribution in [0.1, 0.15) is 44.9 Å². The molecule has 4 fully saturated rings. The van der Waals surface area contributed by atoms with E-state index in [9.17, 15) is 14.4 Å². The fourth-order valence-electron chi connectivity index (χ4n) is 5.08. The van der Waals surface area contributed by atoms with E-state index in [0.29, 0.717) is 0 Å². The summed E-state index contributed by atoms with van der Waals surface area (Å²) in [5.41, 5.74) is 4.71. The molecule has 6 nitrogen and oxygen atoms in total. The summed E-state index contributed by atoms with van der Waals surface area (Å²) in [6, 6.07) is 0. The molecule has 6 heteroatoms. The molecule has 0 spiro atoms. The van der Waals surface area contributed by atoms with Crippen molar-refractivity contribution in [3.8, 4) is 0 Å². The average molecular weight is 308 g/mol. The first-order valence-electron chi connectivity index (χ1n) is 8.19. The summed E-state index contributed by atoms with van der Waals surface area (Å²) in [4.78, 5) is 34.5. The minimum absolute atomic E-state index is 0.0748. The van der Waals surface area contributed by atoms with Gasteiger partial charge in [-0.05, 0) is 56.3 Å². The van der Waals surface area contributed by atoms with Gasteiger partial charge in [-0.15, -0.1) is 0 Å². The highest BCUT2D eigenvalue weighted by molar-refractivity contribution is 5.84. The largest absolute Gasteiger partial charge is 0.456 e. The van der Waals surface area contributed by atoms with Gasteiger partial charge in [-0.25, -0.2) is 0 Å². The van der Waals surface area contributed by atoms with Crippen LogP contribution in [0.4, 0.5) is 0 Å². The van der Waals surface area contributed by atoms with E-state index in [4.69, 9.17) is 5.73 Å². The lowest BCUT2D eigenvalue weighted by atomic mass is 9.49. The van der Waals surface area contributed by atoms with Gasteiger partial charge in [0.15, 0.2) is 6.61 Å². The van der Waals surface area contributed by atoms with Crippen molar-refractivity contribution in [2.75, 3.05) is 13.2 Å². The molecule has 2 amide bonds. The summed E-state index contributed by atoms with van der Waals surface area (Å²) in [5, 5.41) is 2.90. The van der Waals surface area contributed by atoms with Crippen LogP contribution in [0, 0.1) is 23.2 Å². The molecule has 0 aromatic carbocycles. The first-order chi connectivity index (χ1) is 10.5. The Hall–Kier alpha value is -1.59. The predicted octanol–water partition coefficient (Wildman–Crippen LogP) is 0.738. The van der Waals surface area contributed by atoms with Gasteiger partial charge < -0.3 is 15.8 Å². The lowest BCUT2D eigenvalue weighted by Gasteiger charge is -2.55. The van der Waals surface area contributed by atoms with E-state index in [1.165, 1.54) is 19.3 Å². The number of esters is 1. The molecule has 4 saturated carbocycles. The quantitative estimate of drug-likeness (QED) is 0.707. The van der Waals surface area contributed by atoms with Crippen LogP contribution in [0.15, 0.2) is 0 Å². The van der Waals surface area contributed by atoms with E-state index in [1.54, 1.807) is 0 Å². The Balaban J connectivity index is 1.46. The first-order valence-corrected chi connectivity index (χ1v) is 8.19. The van der Waals surface area contributed by atoms with Crippen molar-refractivity contribution in [2.45, 2.75) is 44.9 Å². The standard InChI is InChI=1S/C16H24N2O4/c17-13(19)9-22-14(20)1-2-18-15(21)16-6-10-3-11(7-16)5-12(4-10)8-16/h10-12H,1-9H2,(H2,17,19)(H,18,21). The highest BCUT2D eigenvalue weighted by atomic mass is 16.5. The molecule has 4 bridgehead atoms. The van der Waals surface area contributed by atoms with Gasteiger partial charge in [-0.3, -0.25) is 14.4 Å². The zero-order chi connectivity index (χ0) is 15.7. The first kappa shape index (κ1) is 15.3. The number of primary amides is 1. The van der Waals surface area contributed by atoms with Crippen LogP contribution in [0.5, 0.6) is 0 Å². The zero-order valence-corrected chi connectivity index (χ0v) is 12.8. The molecule has 0 aliphatic heterocycles. The number of hydrogen-bond acceptors (Lipinski definition) is 4. The zero-order valence-electron chi connectivity index (χ0n) is 12.8. The number of rotatable bonds is 6. The van der Waals surface area contributed by atoms with Crippen LogP contribution in [0.25, 0.3) is 0 Å².